The van der Waals surface area contributed by atoms with Crippen molar-refractivity contribution >= 4 is 0 Å². The first-order valence-corrected chi connectivity index (χ1v) is 8.36. The zero-order valence-electron chi connectivity index (χ0n) is 13.9. The topological polar surface area (TPSA) is 35.7 Å². The van der Waals surface area contributed by atoms with Gasteiger partial charge in [-0.1, -0.05) is 13.8 Å². The van der Waals surface area contributed by atoms with E-state index in [-0.39, 0.29) is 5.54 Å². The Morgan fingerprint density at radius 3 is 2.30 bits per heavy atom. The summed E-state index contributed by atoms with van der Waals surface area (Å²) in [5.41, 5.74) is 6.50. The molecular formula is C16H34N4. The van der Waals surface area contributed by atoms with E-state index in [1.165, 1.54) is 52.0 Å². The predicted molar refractivity (Wildman–Crippen MR) is 86.0 cm³/mol. The zero-order valence-corrected chi connectivity index (χ0v) is 13.9. The Labute approximate surface area is 125 Å². The molecule has 2 N–H and O–H groups in total. The summed E-state index contributed by atoms with van der Waals surface area (Å²) in [5, 5.41) is 0. The van der Waals surface area contributed by atoms with Crippen LogP contribution in [0.4, 0.5) is 0 Å². The summed E-state index contributed by atoms with van der Waals surface area (Å²) >= 11 is 0. The monoisotopic (exact) mass is 282 g/mol. The Kier molecular flexibility index (Phi) is 5.46. The van der Waals surface area contributed by atoms with Crippen LogP contribution >= 0.6 is 0 Å². The summed E-state index contributed by atoms with van der Waals surface area (Å²) in [7, 11) is 4.42. The van der Waals surface area contributed by atoms with Crippen molar-refractivity contribution in [1.82, 2.24) is 14.7 Å². The van der Waals surface area contributed by atoms with Crippen LogP contribution in [0.5, 0.6) is 0 Å². The molecule has 0 aromatic heterocycles. The van der Waals surface area contributed by atoms with Crippen LogP contribution < -0.4 is 5.73 Å². The molecule has 0 aromatic rings. The lowest BCUT2D eigenvalue weighted by Gasteiger charge is -2.47. The van der Waals surface area contributed by atoms with Gasteiger partial charge in [-0.15, -0.1) is 0 Å². The largest absolute Gasteiger partial charge is 0.329 e. The number of nitrogens with two attached hydrogens (primary N) is 1. The average Bonchev–Trinajstić information content (AvgIpc) is 2.83. The molecule has 2 rings (SSSR count). The Hall–Kier alpha value is -0.160. The Morgan fingerprint density at radius 1 is 1.20 bits per heavy atom. The van der Waals surface area contributed by atoms with Gasteiger partial charge in [0.25, 0.3) is 0 Å². The third-order valence-electron chi connectivity index (χ3n) is 5.61. The van der Waals surface area contributed by atoms with E-state index in [1.807, 2.05) is 0 Å². The highest BCUT2D eigenvalue weighted by Gasteiger charge is 2.44. The second-order valence-electron chi connectivity index (χ2n) is 7.18. The highest BCUT2D eigenvalue weighted by molar-refractivity contribution is 5.01. The fourth-order valence-corrected chi connectivity index (χ4v) is 4.17. The molecule has 4 nitrogen and oxygen atoms in total. The van der Waals surface area contributed by atoms with Crippen LogP contribution in [-0.2, 0) is 0 Å². The highest BCUT2D eigenvalue weighted by Crippen LogP contribution is 2.34. The van der Waals surface area contributed by atoms with E-state index >= 15 is 0 Å². The fourth-order valence-electron chi connectivity index (χ4n) is 4.17. The molecule has 20 heavy (non-hydrogen) atoms. The lowest BCUT2D eigenvalue weighted by Crippen LogP contribution is -2.59. The lowest BCUT2D eigenvalue weighted by molar-refractivity contribution is 0.0386. The number of likely N-dealkylation sites (N-methyl/N-ethyl adjacent to an activating group) is 1. The normalized spacial score (nSPS) is 32.1. The predicted octanol–water partition coefficient (Wildman–Crippen LogP) is 1.07. The number of nitrogens with zero attached hydrogens (tertiary/aromatic N) is 3. The smallest absolute Gasteiger partial charge is 0.0356 e. The Balaban J connectivity index is 1.99. The molecular weight excluding hydrogens is 248 g/mol. The molecule has 2 aliphatic heterocycles. The lowest BCUT2D eigenvalue weighted by atomic mass is 9.85. The number of hydrogen-bond donors (Lipinski definition) is 1. The van der Waals surface area contributed by atoms with Crippen LogP contribution in [0, 0.1) is 5.92 Å². The second kappa shape index (κ2) is 6.73. The molecule has 2 saturated heterocycles. The van der Waals surface area contributed by atoms with Crippen molar-refractivity contribution < 1.29 is 0 Å². The number of hydrogen-bond acceptors (Lipinski definition) is 4. The van der Waals surface area contributed by atoms with Crippen LogP contribution in [-0.4, -0.2) is 79.6 Å². The number of piperidine rings is 1. The van der Waals surface area contributed by atoms with Gasteiger partial charge in [-0.25, -0.2) is 0 Å². The van der Waals surface area contributed by atoms with Gasteiger partial charge in [0.1, 0.15) is 0 Å². The molecule has 2 heterocycles. The molecule has 0 bridgehead atoms. The van der Waals surface area contributed by atoms with Gasteiger partial charge >= 0.3 is 0 Å². The maximum atomic E-state index is 6.23. The maximum Gasteiger partial charge on any atom is 0.0356 e. The second-order valence-corrected chi connectivity index (χ2v) is 7.18. The van der Waals surface area contributed by atoms with Crippen molar-refractivity contribution in [3.8, 4) is 0 Å². The van der Waals surface area contributed by atoms with Gasteiger partial charge in [0.2, 0.25) is 0 Å². The molecule has 4 heteroatoms. The van der Waals surface area contributed by atoms with Crippen molar-refractivity contribution in [2.45, 2.75) is 44.7 Å². The van der Waals surface area contributed by atoms with Gasteiger partial charge in [0.05, 0.1) is 0 Å². The Bertz CT molecular complexity index is 297. The van der Waals surface area contributed by atoms with E-state index in [9.17, 15) is 0 Å². The molecule has 2 atom stereocenters. The molecule has 0 aliphatic carbocycles. The third kappa shape index (κ3) is 3.19. The van der Waals surface area contributed by atoms with Crippen LogP contribution in [0.2, 0.25) is 0 Å². The molecule has 2 unspecified atom stereocenters. The molecule has 0 spiro atoms. The van der Waals surface area contributed by atoms with Crippen molar-refractivity contribution in [3.63, 3.8) is 0 Å². The molecule has 0 radical (unpaired) electrons. The van der Waals surface area contributed by atoms with Gasteiger partial charge in [-0.05, 0) is 58.9 Å². The van der Waals surface area contributed by atoms with Crippen LogP contribution in [0.15, 0.2) is 0 Å². The summed E-state index contributed by atoms with van der Waals surface area (Å²) < 4.78 is 0. The first-order chi connectivity index (χ1) is 9.52. The van der Waals surface area contributed by atoms with E-state index in [2.05, 4.69) is 42.6 Å². The summed E-state index contributed by atoms with van der Waals surface area (Å²) in [6.45, 7) is 11.6. The van der Waals surface area contributed by atoms with Crippen molar-refractivity contribution in [2.75, 3.05) is 53.4 Å². The van der Waals surface area contributed by atoms with Crippen molar-refractivity contribution in [2.24, 2.45) is 11.7 Å². The van der Waals surface area contributed by atoms with E-state index in [4.69, 9.17) is 5.73 Å². The average molecular weight is 282 g/mol. The first kappa shape index (κ1) is 16.2. The van der Waals surface area contributed by atoms with E-state index in [0.29, 0.717) is 6.04 Å². The standard InChI is InChI=1S/C16H34N4/c1-5-8-19-9-6-16(13-17,7-10-19)20-11-14(2)15(12-20)18(3)4/h14-15H,5-13,17H2,1-4H3. The van der Waals surface area contributed by atoms with Crippen LogP contribution in [0.3, 0.4) is 0 Å². The maximum absolute atomic E-state index is 6.23. The van der Waals surface area contributed by atoms with Crippen LogP contribution in [0.25, 0.3) is 0 Å². The molecule has 0 amide bonds. The quantitative estimate of drug-likeness (QED) is 0.818. The molecule has 0 saturated carbocycles. The molecule has 0 aromatic carbocycles. The third-order valence-corrected chi connectivity index (χ3v) is 5.61. The van der Waals surface area contributed by atoms with Crippen molar-refractivity contribution in [3.05, 3.63) is 0 Å². The summed E-state index contributed by atoms with van der Waals surface area (Å²) in [6.07, 6.45) is 3.76. The minimum atomic E-state index is 0.267. The van der Waals surface area contributed by atoms with E-state index < -0.39 is 0 Å². The van der Waals surface area contributed by atoms with E-state index in [0.717, 1.165) is 12.5 Å². The van der Waals surface area contributed by atoms with Gasteiger partial charge in [-0.3, -0.25) is 4.90 Å². The highest BCUT2D eigenvalue weighted by atomic mass is 15.3. The Morgan fingerprint density at radius 2 is 1.85 bits per heavy atom. The SMILES string of the molecule is CCCN1CCC(CN)(N2CC(C)C(N(C)C)C2)CC1. The number of likely N-dealkylation sites (tertiary alicyclic amines) is 2. The van der Waals surface area contributed by atoms with E-state index in [1.54, 1.807) is 0 Å². The van der Waals surface area contributed by atoms with Crippen LogP contribution in [0.1, 0.15) is 33.1 Å². The summed E-state index contributed by atoms with van der Waals surface area (Å²) in [4.78, 5) is 7.71. The minimum absolute atomic E-state index is 0.267. The minimum Gasteiger partial charge on any atom is -0.329 e. The first-order valence-electron chi connectivity index (χ1n) is 8.36. The number of rotatable bonds is 5. The van der Waals surface area contributed by atoms with Gasteiger partial charge in [-0.2, -0.15) is 0 Å². The zero-order chi connectivity index (χ0) is 14.8. The fraction of sp³-hybridized carbons (Fsp3) is 1.00. The molecule has 2 aliphatic rings. The summed E-state index contributed by atoms with van der Waals surface area (Å²) in [6, 6.07) is 0.687. The van der Waals surface area contributed by atoms with Gasteiger partial charge < -0.3 is 15.5 Å². The van der Waals surface area contributed by atoms with Gasteiger partial charge in [0.15, 0.2) is 0 Å². The van der Waals surface area contributed by atoms with Crippen molar-refractivity contribution in [1.29, 1.82) is 0 Å². The molecule has 2 fully saturated rings. The molecule has 118 valence electrons. The van der Waals surface area contributed by atoms with Gasteiger partial charge in [0, 0.05) is 31.2 Å². The summed E-state index contributed by atoms with van der Waals surface area (Å²) in [5.74, 6) is 0.752.